The number of hydrogen-bond donors (Lipinski definition) is 1. The molecule has 0 atom stereocenters. The van der Waals surface area contributed by atoms with E-state index in [2.05, 4.69) is 15.5 Å². The highest BCUT2D eigenvalue weighted by molar-refractivity contribution is 6.06. The summed E-state index contributed by atoms with van der Waals surface area (Å²) in [7, 11) is 3.14. The Morgan fingerprint density at radius 2 is 1.85 bits per heavy atom. The number of fused-ring (bicyclic) bond motifs is 1. The highest BCUT2D eigenvalue weighted by atomic mass is 16.5. The highest BCUT2D eigenvalue weighted by Crippen LogP contribution is 2.26. The maximum absolute atomic E-state index is 12.5. The lowest BCUT2D eigenvalue weighted by molar-refractivity contribution is 0.0956. The number of rotatable bonds is 5. The minimum atomic E-state index is -0.288. The van der Waals surface area contributed by atoms with E-state index in [1.54, 1.807) is 38.6 Å². The van der Waals surface area contributed by atoms with Crippen LogP contribution in [-0.2, 0) is 0 Å². The molecule has 0 aliphatic carbocycles. The van der Waals surface area contributed by atoms with E-state index in [0.717, 1.165) is 22.2 Å². The van der Waals surface area contributed by atoms with Crippen LogP contribution in [0.1, 0.15) is 21.6 Å². The quantitative estimate of drug-likeness (QED) is 0.566. The number of methoxy groups -OCH3 is 2. The Kier molecular flexibility index (Phi) is 5.12. The number of amides is 1. The Balaban J connectivity index is 1.80. The van der Waals surface area contributed by atoms with Gasteiger partial charge in [-0.05, 0) is 42.8 Å². The second-order valence-electron chi connectivity index (χ2n) is 5.64. The molecule has 26 heavy (non-hydrogen) atoms. The molecule has 3 rings (SSSR count). The third-order valence-electron chi connectivity index (χ3n) is 3.88. The first-order chi connectivity index (χ1) is 12.6. The third kappa shape index (κ3) is 3.64. The van der Waals surface area contributed by atoms with Crippen molar-refractivity contribution in [3.63, 3.8) is 0 Å². The standard InChI is InChI=1S/C20H19N3O3/c1-13-10-16(15-6-4-5-7-17(15)22-13)20(24)23-21-12-14-8-9-18(25-2)19(11-14)26-3/h4-12H,1-3H3,(H,23,24). The van der Waals surface area contributed by atoms with Crippen LogP contribution in [0.15, 0.2) is 53.6 Å². The molecule has 1 N–H and O–H groups in total. The molecule has 1 heterocycles. The van der Waals surface area contributed by atoms with Gasteiger partial charge in [0.2, 0.25) is 0 Å². The zero-order chi connectivity index (χ0) is 18.5. The van der Waals surface area contributed by atoms with Crippen LogP contribution in [0.2, 0.25) is 0 Å². The smallest absolute Gasteiger partial charge is 0.272 e. The Bertz CT molecular complexity index is 983. The molecule has 0 unspecified atom stereocenters. The molecule has 3 aromatic rings. The van der Waals surface area contributed by atoms with Gasteiger partial charge in [0.25, 0.3) is 5.91 Å². The van der Waals surface area contributed by atoms with E-state index in [-0.39, 0.29) is 5.91 Å². The van der Waals surface area contributed by atoms with Crippen molar-refractivity contribution in [2.45, 2.75) is 6.92 Å². The number of nitrogens with one attached hydrogen (secondary N) is 1. The van der Waals surface area contributed by atoms with E-state index in [0.29, 0.717) is 17.1 Å². The van der Waals surface area contributed by atoms with Gasteiger partial charge in [-0.15, -0.1) is 0 Å². The molecule has 0 bridgehead atoms. The van der Waals surface area contributed by atoms with Crippen LogP contribution < -0.4 is 14.9 Å². The molecule has 1 amide bonds. The monoisotopic (exact) mass is 349 g/mol. The number of ether oxygens (including phenoxy) is 2. The number of pyridine rings is 1. The molecule has 0 aliphatic heterocycles. The third-order valence-corrected chi connectivity index (χ3v) is 3.88. The molecule has 0 fully saturated rings. The molecule has 6 heteroatoms. The minimum absolute atomic E-state index is 0.288. The van der Waals surface area contributed by atoms with Gasteiger partial charge in [0, 0.05) is 11.1 Å². The molecule has 0 radical (unpaired) electrons. The van der Waals surface area contributed by atoms with Gasteiger partial charge in [-0.3, -0.25) is 9.78 Å². The number of aromatic nitrogens is 1. The van der Waals surface area contributed by atoms with Gasteiger partial charge in [-0.25, -0.2) is 5.43 Å². The number of para-hydroxylation sites is 1. The molecule has 0 saturated heterocycles. The highest BCUT2D eigenvalue weighted by Gasteiger charge is 2.11. The molecule has 0 spiro atoms. The molecular weight excluding hydrogens is 330 g/mol. The van der Waals surface area contributed by atoms with Gasteiger partial charge in [0.1, 0.15) is 0 Å². The Morgan fingerprint density at radius 1 is 1.08 bits per heavy atom. The van der Waals surface area contributed by atoms with Crippen LogP contribution in [0, 0.1) is 6.92 Å². The predicted molar refractivity (Wildman–Crippen MR) is 101 cm³/mol. The zero-order valence-corrected chi connectivity index (χ0v) is 14.8. The van der Waals surface area contributed by atoms with E-state index in [1.165, 1.54) is 0 Å². The van der Waals surface area contributed by atoms with Crippen molar-refractivity contribution >= 4 is 23.0 Å². The number of hydrogen-bond acceptors (Lipinski definition) is 5. The molecule has 2 aromatic carbocycles. The topological polar surface area (TPSA) is 72.8 Å². The SMILES string of the molecule is COc1ccc(C=NNC(=O)c2cc(C)nc3ccccc23)cc1OC. The Labute approximate surface area is 151 Å². The number of aryl methyl sites for hydroxylation is 1. The van der Waals surface area contributed by atoms with Crippen LogP contribution in [0.4, 0.5) is 0 Å². The largest absolute Gasteiger partial charge is 0.493 e. The zero-order valence-electron chi connectivity index (χ0n) is 14.8. The summed E-state index contributed by atoms with van der Waals surface area (Å²) in [5.41, 5.74) is 5.43. The Morgan fingerprint density at radius 3 is 2.62 bits per heavy atom. The van der Waals surface area contributed by atoms with Crippen LogP contribution in [0.5, 0.6) is 11.5 Å². The molecule has 0 saturated carbocycles. The van der Waals surface area contributed by atoms with E-state index in [1.807, 2.05) is 37.3 Å². The van der Waals surface area contributed by atoms with Crippen LogP contribution in [0.3, 0.4) is 0 Å². The number of carbonyl (C=O) groups is 1. The molecule has 0 aliphatic rings. The molecule has 132 valence electrons. The summed E-state index contributed by atoms with van der Waals surface area (Å²) < 4.78 is 10.5. The van der Waals surface area contributed by atoms with Crippen LogP contribution in [-0.4, -0.2) is 31.3 Å². The van der Waals surface area contributed by atoms with Crippen molar-refractivity contribution in [1.82, 2.24) is 10.4 Å². The van der Waals surface area contributed by atoms with Gasteiger partial charge in [-0.2, -0.15) is 5.10 Å². The first kappa shape index (κ1) is 17.4. The van der Waals surface area contributed by atoms with Crippen LogP contribution >= 0.6 is 0 Å². The van der Waals surface area contributed by atoms with Crippen molar-refractivity contribution in [1.29, 1.82) is 0 Å². The van der Waals surface area contributed by atoms with Crippen molar-refractivity contribution in [2.24, 2.45) is 5.10 Å². The predicted octanol–water partition coefficient (Wildman–Crippen LogP) is 3.32. The van der Waals surface area contributed by atoms with Gasteiger partial charge >= 0.3 is 0 Å². The maximum atomic E-state index is 12.5. The fourth-order valence-corrected chi connectivity index (χ4v) is 2.65. The average molecular weight is 349 g/mol. The van der Waals surface area contributed by atoms with Gasteiger partial charge in [0.15, 0.2) is 11.5 Å². The van der Waals surface area contributed by atoms with Crippen molar-refractivity contribution in [3.8, 4) is 11.5 Å². The summed E-state index contributed by atoms with van der Waals surface area (Å²) in [6, 6.07) is 14.7. The summed E-state index contributed by atoms with van der Waals surface area (Å²) in [5, 5.41) is 4.83. The second-order valence-corrected chi connectivity index (χ2v) is 5.64. The summed E-state index contributed by atoms with van der Waals surface area (Å²) in [4.78, 5) is 17.0. The Hall–Kier alpha value is -3.41. The lowest BCUT2D eigenvalue weighted by Crippen LogP contribution is -2.18. The molecule has 6 nitrogen and oxygen atoms in total. The fraction of sp³-hybridized carbons (Fsp3) is 0.150. The molecule has 1 aromatic heterocycles. The normalized spacial score (nSPS) is 10.9. The minimum Gasteiger partial charge on any atom is -0.493 e. The lowest BCUT2D eigenvalue weighted by Gasteiger charge is -2.08. The maximum Gasteiger partial charge on any atom is 0.272 e. The second kappa shape index (κ2) is 7.65. The summed E-state index contributed by atoms with van der Waals surface area (Å²) in [6.45, 7) is 1.86. The van der Waals surface area contributed by atoms with Gasteiger partial charge in [-0.1, -0.05) is 18.2 Å². The van der Waals surface area contributed by atoms with E-state index < -0.39 is 0 Å². The van der Waals surface area contributed by atoms with E-state index >= 15 is 0 Å². The first-order valence-electron chi connectivity index (χ1n) is 8.04. The van der Waals surface area contributed by atoms with Gasteiger partial charge in [0.05, 0.1) is 31.5 Å². The molecular formula is C20H19N3O3. The van der Waals surface area contributed by atoms with Crippen molar-refractivity contribution in [3.05, 3.63) is 65.4 Å². The average Bonchev–Trinajstić information content (AvgIpc) is 2.67. The number of hydrazone groups is 1. The van der Waals surface area contributed by atoms with Crippen molar-refractivity contribution in [2.75, 3.05) is 14.2 Å². The van der Waals surface area contributed by atoms with Gasteiger partial charge < -0.3 is 9.47 Å². The van der Waals surface area contributed by atoms with Crippen LogP contribution in [0.25, 0.3) is 10.9 Å². The summed E-state index contributed by atoms with van der Waals surface area (Å²) >= 11 is 0. The number of nitrogens with zero attached hydrogens (tertiary/aromatic N) is 2. The number of benzene rings is 2. The first-order valence-corrected chi connectivity index (χ1v) is 8.04. The van der Waals surface area contributed by atoms with Crippen molar-refractivity contribution < 1.29 is 14.3 Å². The summed E-state index contributed by atoms with van der Waals surface area (Å²) in [6.07, 6.45) is 1.55. The lowest BCUT2D eigenvalue weighted by atomic mass is 10.1. The summed E-state index contributed by atoms with van der Waals surface area (Å²) in [5.74, 6) is 0.939. The van der Waals surface area contributed by atoms with E-state index in [9.17, 15) is 4.79 Å². The fourth-order valence-electron chi connectivity index (χ4n) is 2.65. The van der Waals surface area contributed by atoms with E-state index in [4.69, 9.17) is 9.47 Å². The number of carbonyl (C=O) groups excluding carboxylic acids is 1.